The maximum absolute atomic E-state index is 3.61. The lowest BCUT2D eigenvalue weighted by Gasteiger charge is -2.54. The Morgan fingerprint density at radius 2 is 1.67 bits per heavy atom. The van der Waals surface area contributed by atoms with Gasteiger partial charge in [0.25, 0.3) is 0 Å². The molecule has 0 unspecified atom stereocenters. The lowest BCUT2D eigenvalue weighted by molar-refractivity contribution is -0.0241. The molecule has 0 aromatic heterocycles. The third kappa shape index (κ3) is 2.54. The van der Waals surface area contributed by atoms with Gasteiger partial charge in [0.1, 0.15) is 0 Å². The molecule has 0 aromatic rings. The first-order valence-corrected chi connectivity index (χ1v) is 6.34. The number of hydrogen-bond donors (Lipinski definition) is 1. The van der Waals surface area contributed by atoms with Crippen LogP contribution in [0.1, 0.15) is 34.1 Å². The Bertz CT molecular complexity index is 221. The quantitative estimate of drug-likeness (QED) is 0.749. The monoisotopic (exact) mass is 210 g/mol. The van der Waals surface area contributed by atoms with E-state index in [0.29, 0.717) is 10.8 Å². The van der Waals surface area contributed by atoms with E-state index in [2.05, 4.69) is 37.9 Å². The molecule has 2 saturated heterocycles. The zero-order valence-electron chi connectivity index (χ0n) is 10.8. The SMILES string of the molecule is CC(C)CN1C[C@]2(C)CNC[C@@](C)(C1)C2. The van der Waals surface area contributed by atoms with E-state index in [1.165, 1.54) is 39.1 Å². The molecule has 2 rings (SSSR count). The number of nitrogens with zero attached hydrogens (tertiary/aromatic N) is 1. The minimum Gasteiger partial charge on any atom is -0.316 e. The highest BCUT2D eigenvalue weighted by molar-refractivity contribution is 5.00. The minimum absolute atomic E-state index is 0.514. The highest BCUT2D eigenvalue weighted by Crippen LogP contribution is 2.42. The fourth-order valence-corrected chi connectivity index (χ4v) is 3.83. The van der Waals surface area contributed by atoms with E-state index < -0.39 is 0 Å². The zero-order valence-corrected chi connectivity index (χ0v) is 10.8. The summed E-state index contributed by atoms with van der Waals surface area (Å²) < 4.78 is 0. The third-order valence-corrected chi connectivity index (χ3v) is 3.79. The molecular formula is C13H26N2. The molecular weight excluding hydrogens is 184 g/mol. The smallest absolute Gasteiger partial charge is 0.00481 e. The van der Waals surface area contributed by atoms with Crippen molar-refractivity contribution in [1.29, 1.82) is 0 Å². The average Bonchev–Trinajstić information content (AvgIpc) is 1.97. The van der Waals surface area contributed by atoms with E-state index in [-0.39, 0.29) is 0 Å². The molecule has 2 aliphatic heterocycles. The lowest BCUT2D eigenvalue weighted by Crippen LogP contribution is -2.61. The molecule has 0 aliphatic carbocycles. The van der Waals surface area contributed by atoms with Crippen molar-refractivity contribution in [2.75, 3.05) is 32.7 Å². The second-order valence-electron chi connectivity index (χ2n) is 6.97. The van der Waals surface area contributed by atoms with E-state index in [0.717, 1.165) is 5.92 Å². The van der Waals surface area contributed by atoms with Gasteiger partial charge < -0.3 is 10.2 Å². The fraction of sp³-hybridized carbons (Fsp3) is 1.00. The molecule has 2 aliphatic rings. The number of piperidine rings is 2. The average molecular weight is 210 g/mol. The van der Waals surface area contributed by atoms with Gasteiger partial charge in [-0.15, -0.1) is 0 Å². The second kappa shape index (κ2) is 3.74. The van der Waals surface area contributed by atoms with Crippen LogP contribution in [0.5, 0.6) is 0 Å². The van der Waals surface area contributed by atoms with E-state index in [4.69, 9.17) is 0 Å². The van der Waals surface area contributed by atoms with Crippen LogP contribution in [0.4, 0.5) is 0 Å². The van der Waals surface area contributed by atoms with Gasteiger partial charge in [-0.3, -0.25) is 0 Å². The molecule has 15 heavy (non-hydrogen) atoms. The highest BCUT2D eigenvalue weighted by atomic mass is 15.2. The first-order valence-electron chi connectivity index (χ1n) is 6.34. The molecule has 2 fully saturated rings. The van der Waals surface area contributed by atoms with Crippen LogP contribution in [0.2, 0.25) is 0 Å². The van der Waals surface area contributed by atoms with Gasteiger partial charge in [0.2, 0.25) is 0 Å². The van der Waals surface area contributed by atoms with Crippen molar-refractivity contribution in [2.45, 2.75) is 34.1 Å². The van der Waals surface area contributed by atoms with Crippen molar-refractivity contribution in [3.8, 4) is 0 Å². The van der Waals surface area contributed by atoms with Crippen molar-refractivity contribution in [1.82, 2.24) is 10.2 Å². The number of rotatable bonds is 2. The lowest BCUT2D eigenvalue weighted by atomic mass is 9.66. The number of fused-ring (bicyclic) bond motifs is 2. The summed E-state index contributed by atoms with van der Waals surface area (Å²) in [6.45, 7) is 15.8. The predicted molar refractivity (Wildman–Crippen MR) is 65.0 cm³/mol. The Morgan fingerprint density at radius 3 is 2.13 bits per heavy atom. The van der Waals surface area contributed by atoms with E-state index in [9.17, 15) is 0 Å². The predicted octanol–water partition coefficient (Wildman–Crippen LogP) is 1.96. The summed E-state index contributed by atoms with van der Waals surface area (Å²) in [5.41, 5.74) is 1.03. The topological polar surface area (TPSA) is 15.3 Å². The Labute approximate surface area is 94.4 Å². The van der Waals surface area contributed by atoms with Gasteiger partial charge >= 0.3 is 0 Å². The molecule has 2 nitrogen and oxygen atoms in total. The van der Waals surface area contributed by atoms with E-state index >= 15 is 0 Å². The number of likely N-dealkylation sites (tertiary alicyclic amines) is 1. The third-order valence-electron chi connectivity index (χ3n) is 3.79. The van der Waals surface area contributed by atoms with Gasteiger partial charge in [-0.2, -0.15) is 0 Å². The molecule has 2 bridgehead atoms. The Morgan fingerprint density at radius 1 is 1.13 bits per heavy atom. The number of hydrogen-bond acceptors (Lipinski definition) is 2. The first kappa shape index (κ1) is 11.4. The largest absolute Gasteiger partial charge is 0.316 e. The van der Waals surface area contributed by atoms with Gasteiger partial charge in [-0.25, -0.2) is 0 Å². The molecule has 88 valence electrons. The van der Waals surface area contributed by atoms with E-state index in [1.807, 2.05) is 0 Å². The summed E-state index contributed by atoms with van der Waals surface area (Å²) in [4.78, 5) is 2.69. The van der Waals surface area contributed by atoms with Crippen LogP contribution in [0, 0.1) is 16.7 Å². The van der Waals surface area contributed by atoms with Crippen molar-refractivity contribution in [2.24, 2.45) is 16.7 Å². The standard InChI is InChI=1S/C13H26N2/c1-11(2)5-15-9-12(3)6-13(4,10-15)8-14-7-12/h11,14H,5-10H2,1-4H3/t12-,13-/m0/s1. The molecule has 0 spiro atoms. The zero-order chi connectivity index (χ0) is 11.1. The maximum Gasteiger partial charge on any atom is 0.00481 e. The van der Waals surface area contributed by atoms with Crippen molar-refractivity contribution in [3.63, 3.8) is 0 Å². The Kier molecular flexibility index (Phi) is 2.85. The van der Waals surface area contributed by atoms with Crippen molar-refractivity contribution >= 4 is 0 Å². The molecule has 2 heteroatoms. The summed E-state index contributed by atoms with van der Waals surface area (Å²) in [5.74, 6) is 0.795. The van der Waals surface area contributed by atoms with Gasteiger partial charge in [-0.1, -0.05) is 27.7 Å². The van der Waals surface area contributed by atoms with Crippen LogP contribution >= 0.6 is 0 Å². The Balaban J connectivity index is 2.07. The van der Waals surface area contributed by atoms with Gasteiger partial charge in [-0.05, 0) is 23.2 Å². The van der Waals surface area contributed by atoms with Crippen LogP contribution < -0.4 is 5.32 Å². The van der Waals surface area contributed by atoms with Gasteiger partial charge in [0, 0.05) is 32.7 Å². The van der Waals surface area contributed by atoms with Crippen molar-refractivity contribution < 1.29 is 0 Å². The van der Waals surface area contributed by atoms with Crippen LogP contribution in [0.3, 0.4) is 0 Å². The summed E-state index contributed by atoms with van der Waals surface area (Å²) >= 11 is 0. The normalized spacial score (nSPS) is 42.2. The summed E-state index contributed by atoms with van der Waals surface area (Å²) in [7, 11) is 0. The van der Waals surface area contributed by atoms with Crippen LogP contribution in [0.15, 0.2) is 0 Å². The highest BCUT2D eigenvalue weighted by Gasteiger charge is 2.45. The summed E-state index contributed by atoms with van der Waals surface area (Å²) in [6, 6.07) is 0. The molecule has 0 radical (unpaired) electrons. The minimum atomic E-state index is 0.514. The summed E-state index contributed by atoms with van der Waals surface area (Å²) in [6.07, 6.45) is 1.40. The maximum atomic E-state index is 3.61. The van der Waals surface area contributed by atoms with Gasteiger partial charge in [0.15, 0.2) is 0 Å². The van der Waals surface area contributed by atoms with Crippen molar-refractivity contribution in [3.05, 3.63) is 0 Å². The van der Waals surface area contributed by atoms with Gasteiger partial charge in [0.05, 0.1) is 0 Å². The van der Waals surface area contributed by atoms with E-state index in [1.54, 1.807) is 0 Å². The fourth-order valence-electron chi connectivity index (χ4n) is 3.83. The molecule has 0 saturated carbocycles. The molecule has 0 amide bonds. The molecule has 2 heterocycles. The Hall–Kier alpha value is -0.0800. The van der Waals surface area contributed by atoms with Crippen LogP contribution in [0.25, 0.3) is 0 Å². The van der Waals surface area contributed by atoms with Crippen LogP contribution in [-0.2, 0) is 0 Å². The number of nitrogens with one attached hydrogen (secondary N) is 1. The van der Waals surface area contributed by atoms with Crippen LogP contribution in [-0.4, -0.2) is 37.6 Å². The molecule has 1 N–H and O–H groups in total. The molecule has 0 aromatic carbocycles. The molecule has 2 atom stereocenters. The summed E-state index contributed by atoms with van der Waals surface area (Å²) in [5, 5.41) is 3.61. The first-order chi connectivity index (χ1) is 6.91. The second-order valence-corrected chi connectivity index (χ2v) is 6.97.